The molecule has 2 N–H and O–H groups in total. The van der Waals surface area contributed by atoms with Gasteiger partial charge in [-0.25, -0.2) is 4.39 Å². The Bertz CT molecular complexity index is 789. The van der Waals surface area contributed by atoms with E-state index in [-0.39, 0.29) is 29.9 Å². The van der Waals surface area contributed by atoms with E-state index in [1.165, 1.54) is 13.2 Å². The maximum Gasteiger partial charge on any atom is 0.226 e. The highest BCUT2D eigenvalue weighted by Gasteiger charge is 2.08. The van der Waals surface area contributed by atoms with E-state index >= 15 is 0 Å². The van der Waals surface area contributed by atoms with Crippen molar-refractivity contribution < 1.29 is 18.7 Å². The molecular weight excluding hydrogens is 347 g/mol. The predicted octanol–water partition coefficient (Wildman–Crippen LogP) is 3.68. The summed E-state index contributed by atoms with van der Waals surface area (Å²) in [5, 5.41) is 5.66. The number of aryl methyl sites for hydroxylation is 1. The van der Waals surface area contributed by atoms with Crippen LogP contribution in [-0.4, -0.2) is 18.9 Å². The monoisotopic (exact) mass is 372 g/mol. The second-order valence-corrected chi connectivity index (χ2v) is 6.59. The SMILES string of the molecule is COc1ccc(CCC(=O)NCc2ccc(NC(=O)C(C)C)cc2)cc1F. The van der Waals surface area contributed by atoms with E-state index in [1.807, 2.05) is 38.1 Å². The number of carbonyl (C=O) groups is 2. The normalized spacial score (nSPS) is 10.6. The number of methoxy groups -OCH3 is 1. The Hall–Kier alpha value is -2.89. The molecule has 0 heterocycles. The Labute approximate surface area is 158 Å². The maximum absolute atomic E-state index is 13.6. The van der Waals surface area contributed by atoms with Gasteiger partial charge in [0, 0.05) is 24.6 Å². The lowest BCUT2D eigenvalue weighted by Crippen LogP contribution is -2.23. The summed E-state index contributed by atoms with van der Waals surface area (Å²) in [6, 6.07) is 12.0. The summed E-state index contributed by atoms with van der Waals surface area (Å²) in [6.07, 6.45) is 0.723. The van der Waals surface area contributed by atoms with Gasteiger partial charge in [-0.2, -0.15) is 0 Å². The van der Waals surface area contributed by atoms with Crippen LogP contribution in [0.5, 0.6) is 5.75 Å². The van der Waals surface area contributed by atoms with Gasteiger partial charge in [-0.1, -0.05) is 32.0 Å². The first kappa shape index (κ1) is 20.4. The lowest BCUT2D eigenvalue weighted by atomic mass is 10.1. The summed E-state index contributed by atoms with van der Waals surface area (Å²) in [4.78, 5) is 23.7. The first-order valence-electron chi connectivity index (χ1n) is 8.88. The Morgan fingerprint density at radius 1 is 1.07 bits per heavy atom. The maximum atomic E-state index is 13.6. The van der Waals surface area contributed by atoms with Crippen LogP contribution in [-0.2, 0) is 22.6 Å². The number of carbonyl (C=O) groups excluding carboxylic acids is 2. The van der Waals surface area contributed by atoms with Gasteiger partial charge < -0.3 is 15.4 Å². The Morgan fingerprint density at radius 2 is 1.74 bits per heavy atom. The second kappa shape index (κ2) is 9.71. The van der Waals surface area contributed by atoms with Crippen molar-refractivity contribution in [1.29, 1.82) is 0 Å². The van der Waals surface area contributed by atoms with Crippen LogP contribution in [0.4, 0.5) is 10.1 Å². The molecule has 0 radical (unpaired) electrons. The van der Waals surface area contributed by atoms with Crippen LogP contribution in [0.15, 0.2) is 42.5 Å². The molecule has 2 aromatic rings. The van der Waals surface area contributed by atoms with Crippen LogP contribution in [0.3, 0.4) is 0 Å². The summed E-state index contributed by atoms with van der Waals surface area (Å²) in [5.41, 5.74) is 2.40. The van der Waals surface area contributed by atoms with Gasteiger partial charge in [-0.05, 0) is 41.8 Å². The molecule has 0 saturated heterocycles. The highest BCUT2D eigenvalue weighted by molar-refractivity contribution is 5.92. The minimum Gasteiger partial charge on any atom is -0.494 e. The standard InChI is InChI=1S/C21H25FN2O3/c1-14(2)21(26)24-17-8-4-16(5-9-17)13-23-20(25)11-7-15-6-10-19(27-3)18(22)12-15/h4-6,8-10,12,14H,7,11,13H2,1-3H3,(H,23,25)(H,24,26). The van der Waals surface area contributed by atoms with Gasteiger partial charge in [0.15, 0.2) is 11.6 Å². The van der Waals surface area contributed by atoms with Gasteiger partial charge in [0.25, 0.3) is 0 Å². The molecule has 2 amide bonds. The molecule has 0 fully saturated rings. The van der Waals surface area contributed by atoms with Crippen LogP contribution in [0.25, 0.3) is 0 Å². The lowest BCUT2D eigenvalue weighted by Gasteiger charge is -2.09. The Kier molecular flexibility index (Phi) is 7.34. The third-order valence-electron chi connectivity index (χ3n) is 4.09. The van der Waals surface area contributed by atoms with Gasteiger partial charge in [0.2, 0.25) is 11.8 Å². The van der Waals surface area contributed by atoms with Gasteiger partial charge in [0.1, 0.15) is 0 Å². The molecule has 6 heteroatoms. The zero-order chi connectivity index (χ0) is 19.8. The molecule has 27 heavy (non-hydrogen) atoms. The summed E-state index contributed by atoms with van der Waals surface area (Å²) in [6.45, 7) is 4.06. The van der Waals surface area contributed by atoms with E-state index < -0.39 is 5.82 Å². The highest BCUT2D eigenvalue weighted by Crippen LogP contribution is 2.18. The van der Waals surface area contributed by atoms with Gasteiger partial charge in [-0.3, -0.25) is 9.59 Å². The van der Waals surface area contributed by atoms with Crippen molar-refractivity contribution in [2.24, 2.45) is 5.92 Å². The molecule has 5 nitrogen and oxygen atoms in total. The fourth-order valence-electron chi connectivity index (χ4n) is 2.40. The van der Waals surface area contributed by atoms with E-state index in [9.17, 15) is 14.0 Å². The average Bonchev–Trinajstić information content (AvgIpc) is 2.65. The summed E-state index contributed by atoms with van der Waals surface area (Å²) in [7, 11) is 1.41. The molecule has 0 spiro atoms. The van der Waals surface area contributed by atoms with Crippen molar-refractivity contribution in [3.63, 3.8) is 0 Å². The molecule has 0 unspecified atom stereocenters. The quantitative estimate of drug-likeness (QED) is 0.743. The molecule has 144 valence electrons. The topological polar surface area (TPSA) is 67.4 Å². The van der Waals surface area contributed by atoms with Crippen molar-refractivity contribution in [2.75, 3.05) is 12.4 Å². The van der Waals surface area contributed by atoms with E-state index in [0.29, 0.717) is 13.0 Å². The van der Waals surface area contributed by atoms with Crippen LogP contribution < -0.4 is 15.4 Å². The van der Waals surface area contributed by atoms with E-state index in [0.717, 1.165) is 16.8 Å². The van der Waals surface area contributed by atoms with Crippen LogP contribution in [0, 0.1) is 11.7 Å². The zero-order valence-corrected chi connectivity index (χ0v) is 15.8. The number of amides is 2. The minimum absolute atomic E-state index is 0.0361. The Morgan fingerprint density at radius 3 is 2.33 bits per heavy atom. The summed E-state index contributed by atoms with van der Waals surface area (Å²) < 4.78 is 18.5. The average molecular weight is 372 g/mol. The fourth-order valence-corrected chi connectivity index (χ4v) is 2.40. The van der Waals surface area contributed by atoms with Crippen molar-refractivity contribution in [1.82, 2.24) is 5.32 Å². The van der Waals surface area contributed by atoms with Crippen molar-refractivity contribution in [3.8, 4) is 5.75 Å². The number of ether oxygens (including phenoxy) is 1. The summed E-state index contributed by atoms with van der Waals surface area (Å²) in [5.74, 6) is -0.464. The number of rotatable bonds is 8. The molecule has 0 aliphatic rings. The first-order chi connectivity index (χ1) is 12.9. The first-order valence-corrected chi connectivity index (χ1v) is 8.88. The number of halogens is 1. The minimum atomic E-state index is -0.431. The number of anilines is 1. The van der Waals surface area contributed by atoms with Crippen molar-refractivity contribution in [2.45, 2.75) is 33.2 Å². The molecular formula is C21H25FN2O3. The zero-order valence-electron chi connectivity index (χ0n) is 15.8. The molecule has 0 aliphatic carbocycles. The van der Waals surface area contributed by atoms with E-state index in [1.54, 1.807) is 12.1 Å². The largest absolute Gasteiger partial charge is 0.494 e. The lowest BCUT2D eigenvalue weighted by molar-refractivity contribution is -0.121. The molecule has 0 aliphatic heterocycles. The Balaban J connectivity index is 1.78. The van der Waals surface area contributed by atoms with Gasteiger partial charge in [0.05, 0.1) is 7.11 Å². The number of nitrogens with one attached hydrogen (secondary N) is 2. The number of benzene rings is 2. The number of hydrogen-bond acceptors (Lipinski definition) is 3. The molecule has 0 aromatic heterocycles. The molecule has 0 bridgehead atoms. The van der Waals surface area contributed by atoms with Crippen molar-refractivity contribution >= 4 is 17.5 Å². The van der Waals surface area contributed by atoms with E-state index in [4.69, 9.17) is 4.74 Å². The third-order valence-corrected chi connectivity index (χ3v) is 4.09. The fraction of sp³-hybridized carbons (Fsp3) is 0.333. The molecule has 2 rings (SSSR count). The van der Waals surface area contributed by atoms with Gasteiger partial charge >= 0.3 is 0 Å². The van der Waals surface area contributed by atoms with Crippen LogP contribution in [0.1, 0.15) is 31.4 Å². The third kappa shape index (κ3) is 6.40. The molecule has 0 saturated carbocycles. The van der Waals surface area contributed by atoms with Crippen LogP contribution >= 0.6 is 0 Å². The highest BCUT2D eigenvalue weighted by atomic mass is 19.1. The number of hydrogen-bond donors (Lipinski definition) is 2. The second-order valence-electron chi connectivity index (χ2n) is 6.59. The summed E-state index contributed by atoms with van der Waals surface area (Å²) >= 11 is 0. The smallest absolute Gasteiger partial charge is 0.226 e. The van der Waals surface area contributed by atoms with E-state index in [2.05, 4.69) is 10.6 Å². The molecule has 2 aromatic carbocycles. The van der Waals surface area contributed by atoms with Crippen LogP contribution in [0.2, 0.25) is 0 Å². The molecule has 0 atom stereocenters. The van der Waals surface area contributed by atoms with Crippen molar-refractivity contribution in [3.05, 3.63) is 59.4 Å². The van der Waals surface area contributed by atoms with Gasteiger partial charge in [-0.15, -0.1) is 0 Å². The predicted molar refractivity (Wildman–Crippen MR) is 103 cm³/mol.